The third-order valence-corrected chi connectivity index (χ3v) is 2.78. The van der Waals surface area contributed by atoms with Crippen LogP contribution >= 0.6 is 11.8 Å². The van der Waals surface area contributed by atoms with Crippen molar-refractivity contribution in [3.63, 3.8) is 0 Å². The van der Waals surface area contributed by atoms with Crippen molar-refractivity contribution in [3.05, 3.63) is 29.2 Å². The maximum atomic E-state index is 11.6. The fraction of sp³-hybridized carbons (Fsp3) is 0.455. The summed E-state index contributed by atoms with van der Waals surface area (Å²) in [5.41, 5.74) is 0.751. The average molecular weight is 282 g/mol. The number of thioether (sulfide) groups is 1. The van der Waals surface area contributed by atoms with Crippen LogP contribution in [-0.2, 0) is 23.5 Å². The molecule has 0 aliphatic carbocycles. The minimum absolute atomic E-state index is 0.145. The van der Waals surface area contributed by atoms with Gasteiger partial charge in [-0.15, -0.1) is 0 Å². The van der Waals surface area contributed by atoms with Crippen molar-refractivity contribution < 1.29 is 13.8 Å². The summed E-state index contributed by atoms with van der Waals surface area (Å²) in [6, 6.07) is 1.73. The van der Waals surface area contributed by atoms with Gasteiger partial charge in [-0.05, 0) is 13.2 Å². The largest absolute Gasteiger partial charge is 0.361 e. The molecule has 2 heterocycles. The molecule has 1 N–H and O–H groups in total. The summed E-state index contributed by atoms with van der Waals surface area (Å²) in [6.07, 6.45) is 2.10. The molecule has 7 nitrogen and oxygen atoms in total. The molecule has 2 aromatic heterocycles. The van der Waals surface area contributed by atoms with Gasteiger partial charge in [0, 0.05) is 6.07 Å². The standard InChI is InChI=1S/C11H14N4O3S/c1-7-3-8(17-14-7)4-10(16)12-5-11-13-9(6-19-2)15-18-11/h3H,4-6H2,1-2H3,(H,12,16). The second-order valence-electron chi connectivity index (χ2n) is 3.93. The van der Waals surface area contributed by atoms with Crippen LogP contribution < -0.4 is 5.32 Å². The van der Waals surface area contributed by atoms with E-state index in [4.69, 9.17) is 9.05 Å². The maximum absolute atomic E-state index is 11.6. The normalized spacial score (nSPS) is 10.6. The molecule has 8 heteroatoms. The SMILES string of the molecule is CSCc1noc(CNC(=O)Cc2cc(C)no2)n1. The molecule has 102 valence electrons. The van der Waals surface area contributed by atoms with Gasteiger partial charge in [0.05, 0.1) is 24.4 Å². The fourth-order valence-electron chi connectivity index (χ4n) is 1.44. The number of nitrogens with one attached hydrogen (secondary N) is 1. The molecule has 0 unspecified atom stereocenters. The van der Waals surface area contributed by atoms with E-state index in [-0.39, 0.29) is 18.9 Å². The van der Waals surface area contributed by atoms with E-state index >= 15 is 0 Å². The highest BCUT2D eigenvalue weighted by atomic mass is 32.2. The predicted octanol–water partition coefficient (Wildman–Crippen LogP) is 1.09. The first-order chi connectivity index (χ1) is 9.17. The van der Waals surface area contributed by atoms with Gasteiger partial charge >= 0.3 is 0 Å². The first kappa shape index (κ1) is 13.6. The van der Waals surface area contributed by atoms with Gasteiger partial charge < -0.3 is 14.4 Å². The highest BCUT2D eigenvalue weighted by Crippen LogP contribution is 2.06. The van der Waals surface area contributed by atoms with Crippen molar-refractivity contribution in [2.24, 2.45) is 0 Å². The molecule has 0 aliphatic heterocycles. The molecule has 1 amide bonds. The highest BCUT2D eigenvalue weighted by molar-refractivity contribution is 7.97. The monoisotopic (exact) mass is 282 g/mol. The Hall–Kier alpha value is -1.83. The summed E-state index contributed by atoms with van der Waals surface area (Å²) in [6.45, 7) is 2.02. The number of carbonyl (C=O) groups excluding carboxylic acids is 1. The molecular weight excluding hydrogens is 268 g/mol. The molecular formula is C11H14N4O3S. The number of amides is 1. The van der Waals surface area contributed by atoms with Crippen LogP contribution in [0.25, 0.3) is 0 Å². The van der Waals surface area contributed by atoms with Crippen LogP contribution in [0.4, 0.5) is 0 Å². The second-order valence-corrected chi connectivity index (χ2v) is 4.79. The van der Waals surface area contributed by atoms with Gasteiger partial charge in [0.15, 0.2) is 5.82 Å². The van der Waals surface area contributed by atoms with Crippen LogP contribution in [0.2, 0.25) is 0 Å². The van der Waals surface area contributed by atoms with Crippen molar-refractivity contribution in [2.45, 2.75) is 25.6 Å². The molecule has 2 rings (SSSR count). The topological polar surface area (TPSA) is 94.1 Å². The van der Waals surface area contributed by atoms with E-state index < -0.39 is 0 Å². The van der Waals surface area contributed by atoms with Crippen molar-refractivity contribution in [3.8, 4) is 0 Å². The van der Waals surface area contributed by atoms with E-state index in [1.165, 1.54) is 0 Å². The molecule has 2 aromatic rings. The van der Waals surface area contributed by atoms with Crippen LogP contribution in [0.3, 0.4) is 0 Å². The average Bonchev–Trinajstić information content (AvgIpc) is 2.97. The lowest BCUT2D eigenvalue weighted by Crippen LogP contribution is -2.24. The predicted molar refractivity (Wildman–Crippen MR) is 68.3 cm³/mol. The first-order valence-corrected chi connectivity index (χ1v) is 7.06. The molecule has 0 saturated carbocycles. The van der Waals surface area contributed by atoms with E-state index in [2.05, 4.69) is 20.6 Å². The Kier molecular flexibility index (Phi) is 4.56. The lowest BCUT2D eigenvalue weighted by molar-refractivity contribution is -0.121. The van der Waals surface area contributed by atoms with Gasteiger partial charge in [0.25, 0.3) is 0 Å². The zero-order valence-corrected chi connectivity index (χ0v) is 11.5. The third-order valence-electron chi connectivity index (χ3n) is 2.23. The zero-order valence-electron chi connectivity index (χ0n) is 10.7. The van der Waals surface area contributed by atoms with Crippen LogP contribution in [0.1, 0.15) is 23.2 Å². The zero-order chi connectivity index (χ0) is 13.7. The molecule has 0 saturated heterocycles. The van der Waals surface area contributed by atoms with Gasteiger partial charge in [0.1, 0.15) is 5.76 Å². The fourth-order valence-corrected chi connectivity index (χ4v) is 1.82. The number of aryl methyl sites for hydroxylation is 1. The summed E-state index contributed by atoms with van der Waals surface area (Å²) in [7, 11) is 0. The van der Waals surface area contributed by atoms with E-state index in [9.17, 15) is 4.79 Å². The van der Waals surface area contributed by atoms with Crippen molar-refractivity contribution in [2.75, 3.05) is 6.26 Å². The molecule has 0 spiro atoms. The van der Waals surface area contributed by atoms with Crippen molar-refractivity contribution in [1.82, 2.24) is 20.6 Å². The molecule has 0 atom stereocenters. The molecule has 0 aliphatic rings. The molecule has 0 bridgehead atoms. The smallest absolute Gasteiger partial charge is 0.246 e. The summed E-state index contributed by atoms with van der Waals surface area (Å²) >= 11 is 1.60. The summed E-state index contributed by atoms with van der Waals surface area (Å²) < 4.78 is 9.96. The quantitative estimate of drug-likeness (QED) is 0.847. The van der Waals surface area contributed by atoms with Gasteiger partial charge in [0.2, 0.25) is 11.8 Å². The van der Waals surface area contributed by atoms with Crippen LogP contribution in [0.5, 0.6) is 0 Å². The Balaban J connectivity index is 1.79. The van der Waals surface area contributed by atoms with Crippen molar-refractivity contribution in [1.29, 1.82) is 0 Å². The number of hydrogen-bond acceptors (Lipinski definition) is 7. The lowest BCUT2D eigenvalue weighted by Gasteiger charge is -1.98. The third kappa shape index (κ3) is 4.09. The molecule has 0 aromatic carbocycles. The van der Waals surface area contributed by atoms with Gasteiger partial charge in [-0.3, -0.25) is 4.79 Å². The van der Waals surface area contributed by atoms with Crippen molar-refractivity contribution >= 4 is 17.7 Å². The molecule has 0 radical (unpaired) electrons. The second kappa shape index (κ2) is 6.37. The van der Waals surface area contributed by atoms with Gasteiger partial charge in [-0.2, -0.15) is 16.7 Å². The molecule has 19 heavy (non-hydrogen) atoms. The number of rotatable bonds is 6. The van der Waals surface area contributed by atoms with Crippen LogP contribution in [-0.4, -0.2) is 27.5 Å². The minimum Gasteiger partial charge on any atom is -0.361 e. The van der Waals surface area contributed by atoms with E-state index in [0.29, 0.717) is 23.2 Å². The maximum Gasteiger partial charge on any atom is 0.246 e. The Labute approximate surface area is 114 Å². The van der Waals surface area contributed by atoms with Gasteiger partial charge in [-0.1, -0.05) is 10.3 Å². The van der Waals surface area contributed by atoms with E-state index in [1.54, 1.807) is 24.8 Å². The Morgan fingerprint density at radius 3 is 2.95 bits per heavy atom. The van der Waals surface area contributed by atoms with Crippen LogP contribution in [0, 0.1) is 6.92 Å². The highest BCUT2D eigenvalue weighted by Gasteiger charge is 2.10. The first-order valence-electron chi connectivity index (χ1n) is 5.66. The Morgan fingerprint density at radius 2 is 2.26 bits per heavy atom. The summed E-state index contributed by atoms with van der Waals surface area (Å²) in [5, 5.41) is 10.2. The Morgan fingerprint density at radius 1 is 1.42 bits per heavy atom. The number of carbonyl (C=O) groups is 1. The Bertz CT molecular complexity index is 552. The number of hydrogen-bond donors (Lipinski definition) is 1. The summed E-state index contributed by atoms with van der Waals surface area (Å²) in [4.78, 5) is 15.8. The molecule has 0 fully saturated rings. The minimum atomic E-state index is -0.180. The van der Waals surface area contributed by atoms with Gasteiger partial charge in [-0.25, -0.2) is 0 Å². The number of nitrogens with zero attached hydrogens (tertiary/aromatic N) is 3. The van der Waals surface area contributed by atoms with Crippen LogP contribution in [0.15, 0.2) is 15.1 Å². The number of aromatic nitrogens is 3. The van der Waals surface area contributed by atoms with E-state index in [1.807, 2.05) is 6.26 Å². The summed E-state index contributed by atoms with van der Waals surface area (Å²) in [5.74, 6) is 2.06. The van der Waals surface area contributed by atoms with E-state index in [0.717, 1.165) is 5.69 Å². The lowest BCUT2D eigenvalue weighted by atomic mass is 10.3.